The van der Waals surface area contributed by atoms with Crippen molar-refractivity contribution in [2.75, 3.05) is 24.6 Å². The minimum atomic E-state index is -5.03. The van der Waals surface area contributed by atoms with Gasteiger partial charge < -0.3 is 36.0 Å². The van der Waals surface area contributed by atoms with Gasteiger partial charge in [0.25, 0.3) is 15.8 Å². The molecule has 10 N–H and O–H groups in total. The lowest BCUT2D eigenvalue weighted by atomic mass is 10.1. The number of imidazole rings is 2. The molecule has 3 fully saturated rings. The summed E-state index contributed by atoms with van der Waals surface area (Å²) in [6.07, 6.45) is -6.93. The first-order chi connectivity index (χ1) is 21.3. The molecule has 4 aromatic heterocycles. The molecular weight excluding hydrogens is 647 g/mol. The first-order valence-corrected chi connectivity index (χ1v) is 16.0. The van der Waals surface area contributed by atoms with Crippen molar-refractivity contribution < 1.29 is 46.6 Å². The third-order valence-corrected chi connectivity index (χ3v) is 9.60. The highest BCUT2D eigenvalue weighted by Gasteiger charge is 2.52. The van der Waals surface area contributed by atoms with Crippen LogP contribution in [-0.4, -0.2) is 112 Å². The summed E-state index contributed by atoms with van der Waals surface area (Å²) in [5.41, 5.74) is 10.9. The number of phosphoric ester groups is 1. The molecule has 3 aliphatic rings. The lowest BCUT2D eigenvalue weighted by Gasteiger charge is -2.25. The Hall–Kier alpha value is -3.68. The van der Waals surface area contributed by atoms with E-state index in [0.717, 1.165) is 12.7 Å². The van der Waals surface area contributed by atoms with Gasteiger partial charge in [0.05, 0.1) is 25.3 Å². The van der Waals surface area contributed by atoms with Crippen molar-refractivity contribution in [3.05, 3.63) is 29.3 Å². The van der Waals surface area contributed by atoms with Crippen LogP contribution >= 0.6 is 7.82 Å². The first kappa shape index (κ1) is 30.0. The molecule has 0 aromatic carbocycles. The zero-order chi connectivity index (χ0) is 31.8. The number of aromatic nitrogens is 8. The molecule has 4 unspecified atom stereocenters. The number of aromatic amines is 1. The van der Waals surface area contributed by atoms with Crippen molar-refractivity contribution in [1.29, 1.82) is 0 Å². The van der Waals surface area contributed by atoms with Crippen LogP contribution in [0.3, 0.4) is 0 Å². The highest BCUT2D eigenvalue weighted by atomic mass is 32.2. The van der Waals surface area contributed by atoms with Crippen molar-refractivity contribution in [2.45, 2.75) is 49.0 Å². The van der Waals surface area contributed by atoms with Crippen molar-refractivity contribution in [3.63, 3.8) is 0 Å². The Morgan fingerprint density at radius 2 is 1.69 bits per heavy atom. The summed E-state index contributed by atoms with van der Waals surface area (Å²) >= 11 is 0. The van der Waals surface area contributed by atoms with Gasteiger partial charge in [0.1, 0.15) is 42.4 Å². The van der Waals surface area contributed by atoms with E-state index in [2.05, 4.69) is 39.3 Å². The summed E-state index contributed by atoms with van der Waals surface area (Å²) in [5.74, 6) is -0.220. The van der Waals surface area contributed by atoms with Crippen molar-refractivity contribution in [3.8, 4) is 0 Å². The number of nitrogens with two attached hydrogens (primary N) is 2. The Morgan fingerprint density at radius 1 is 0.978 bits per heavy atom. The number of anilines is 2. The summed E-state index contributed by atoms with van der Waals surface area (Å²) in [4.78, 5) is 45.2. The predicted octanol–water partition coefficient (Wildman–Crippen LogP) is -4.05. The smallest absolute Gasteiger partial charge is 0.388 e. The minimum Gasteiger partial charge on any atom is -0.388 e. The minimum absolute atomic E-state index is 0.0456. The fourth-order valence-corrected chi connectivity index (χ4v) is 7.49. The highest BCUT2D eigenvalue weighted by molar-refractivity contribution is 7.87. The highest BCUT2D eigenvalue weighted by Crippen LogP contribution is 2.49. The van der Waals surface area contributed by atoms with Gasteiger partial charge >= 0.3 is 7.82 Å². The molecule has 0 amide bonds. The van der Waals surface area contributed by atoms with E-state index < -0.39 is 85.8 Å². The van der Waals surface area contributed by atoms with Gasteiger partial charge in [-0.05, 0) is 0 Å². The van der Waals surface area contributed by atoms with E-state index in [0.29, 0.717) is 0 Å². The fourth-order valence-electron chi connectivity index (χ4n) is 5.44. The molecule has 242 valence electrons. The van der Waals surface area contributed by atoms with Crippen LogP contribution in [0.1, 0.15) is 12.5 Å². The maximum Gasteiger partial charge on any atom is 0.472 e. The zero-order valence-corrected chi connectivity index (χ0v) is 24.2. The number of nitrogens with one attached hydrogen (secondary N) is 3. The lowest BCUT2D eigenvalue weighted by molar-refractivity contribution is -0.0504. The molecule has 45 heavy (non-hydrogen) atoms. The van der Waals surface area contributed by atoms with Crippen LogP contribution in [0.5, 0.6) is 0 Å². The van der Waals surface area contributed by atoms with Gasteiger partial charge in [-0.1, -0.05) is 0 Å². The van der Waals surface area contributed by atoms with E-state index in [1.54, 1.807) is 0 Å². The number of rotatable bonds is 2. The standard InChI is InChI=1S/C20H25N12O11PS/c21-14-9-15(24-3-23-14)31(4-25-9)19-12(34)13-6(41-19)1-27-45(38,39)30-8-11(33)7(2-40-44(36,37)43-13)42-18(8)32-5-26-10-16(32)28-20(22)29-17(10)35/h3-8,11-13,18-19,27,30,33-34H,1-2H2,(H,36,37)(H2,21,23,24)(H3,22,28,29,35)/t6-,7-,8?,11?,12+,13?,18-,19-/m1/s1. The quantitative estimate of drug-likeness (QED) is 0.0939. The number of phosphoric acid groups is 1. The van der Waals surface area contributed by atoms with Crippen LogP contribution in [0.4, 0.5) is 11.8 Å². The molecule has 3 aliphatic heterocycles. The molecule has 4 aromatic rings. The molecule has 2 bridgehead atoms. The van der Waals surface area contributed by atoms with Crippen molar-refractivity contribution in [2.24, 2.45) is 0 Å². The fraction of sp³-hybridized carbons (Fsp3) is 0.500. The number of hydrogen-bond donors (Lipinski definition) is 8. The van der Waals surface area contributed by atoms with Crippen LogP contribution in [0.25, 0.3) is 22.3 Å². The van der Waals surface area contributed by atoms with Gasteiger partial charge in [-0.3, -0.25) is 28.0 Å². The van der Waals surface area contributed by atoms with Gasteiger partial charge in [0.2, 0.25) is 5.95 Å². The molecular formula is C20H25N12O11PS. The molecule has 0 radical (unpaired) electrons. The van der Waals surface area contributed by atoms with Gasteiger partial charge in [0.15, 0.2) is 35.1 Å². The summed E-state index contributed by atoms with van der Waals surface area (Å²) in [5, 5.41) is 22.2. The van der Waals surface area contributed by atoms with Crippen LogP contribution in [0.2, 0.25) is 0 Å². The third-order valence-electron chi connectivity index (χ3n) is 7.49. The van der Waals surface area contributed by atoms with Gasteiger partial charge in [-0.15, -0.1) is 0 Å². The summed E-state index contributed by atoms with van der Waals surface area (Å²) < 4.78 is 68.7. The number of fused-ring (bicyclic) bond motifs is 5. The Balaban J connectivity index is 1.21. The average Bonchev–Trinajstić information content (AvgIpc) is 3.72. The van der Waals surface area contributed by atoms with Crippen LogP contribution in [0, 0.1) is 0 Å². The molecule has 0 saturated carbocycles. The molecule has 3 saturated heterocycles. The largest absolute Gasteiger partial charge is 0.472 e. The summed E-state index contributed by atoms with van der Waals surface area (Å²) in [7, 11) is -9.55. The maximum absolute atomic E-state index is 13.3. The molecule has 7 heterocycles. The molecule has 25 heteroatoms. The van der Waals surface area contributed by atoms with Gasteiger partial charge in [-0.25, -0.2) is 24.5 Å². The van der Waals surface area contributed by atoms with Crippen LogP contribution in [0.15, 0.2) is 23.8 Å². The van der Waals surface area contributed by atoms with Gasteiger partial charge in [0, 0.05) is 6.54 Å². The predicted molar refractivity (Wildman–Crippen MR) is 147 cm³/mol. The van der Waals surface area contributed by atoms with E-state index >= 15 is 0 Å². The number of aliphatic hydroxyl groups is 2. The van der Waals surface area contributed by atoms with Crippen LogP contribution in [-0.2, 0) is 33.3 Å². The van der Waals surface area contributed by atoms with E-state index in [1.807, 2.05) is 0 Å². The molecule has 23 nitrogen and oxygen atoms in total. The second-order valence-corrected chi connectivity index (χ2v) is 13.2. The monoisotopic (exact) mass is 672 g/mol. The van der Waals surface area contributed by atoms with E-state index in [-0.39, 0.29) is 34.1 Å². The molecule has 0 aliphatic carbocycles. The van der Waals surface area contributed by atoms with E-state index in [4.69, 9.17) is 30.0 Å². The maximum atomic E-state index is 13.3. The second kappa shape index (κ2) is 10.7. The molecule has 7 rings (SSSR count). The zero-order valence-electron chi connectivity index (χ0n) is 22.5. The number of aliphatic hydroxyl groups excluding tert-OH is 2. The number of H-pyrrole nitrogens is 1. The van der Waals surface area contributed by atoms with Crippen LogP contribution < -0.4 is 26.5 Å². The average molecular weight is 673 g/mol. The molecule has 9 atom stereocenters. The SMILES string of the molecule is Nc1nc2c(ncn2[C@@H]2O[C@@H]3COP(=O)(O)OC4[C@@H](CNS(=O)(=O)NC2C3O)O[C@@H](n2cnc3c(N)ncnc32)[C@H]4O)c(=O)[nH]1. The van der Waals surface area contributed by atoms with Crippen molar-refractivity contribution in [1.82, 2.24) is 48.5 Å². The third kappa shape index (κ3) is 5.24. The van der Waals surface area contributed by atoms with Gasteiger partial charge in [-0.2, -0.15) is 22.8 Å². The Kier molecular flexibility index (Phi) is 7.13. The molecule has 0 spiro atoms. The second-order valence-electron chi connectivity index (χ2n) is 10.3. The number of nitrogens with zero attached hydrogens (tertiary/aromatic N) is 7. The Labute approximate surface area is 250 Å². The van der Waals surface area contributed by atoms with E-state index in [1.165, 1.54) is 15.5 Å². The number of nitrogen functional groups attached to an aromatic ring is 2. The normalized spacial score (nSPS) is 35.5. The number of hydrogen-bond acceptors (Lipinski definition) is 17. The Morgan fingerprint density at radius 3 is 2.47 bits per heavy atom. The van der Waals surface area contributed by atoms with E-state index in [9.17, 15) is 32.9 Å². The first-order valence-electron chi connectivity index (χ1n) is 13.1. The summed E-state index contributed by atoms with van der Waals surface area (Å²) in [6, 6.07) is -1.48. The number of ether oxygens (including phenoxy) is 2. The topological polar surface area (TPSA) is 332 Å². The van der Waals surface area contributed by atoms with Crippen molar-refractivity contribution >= 4 is 52.1 Å². The Bertz CT molecular complexity index is 2000. The lowest BCUT2D eigenvalue weighted by Crippen LogP contribution is -2.52. The summed E-state index contributed by atoms with van der Waals surface area (Å²) in [6.45, 7) is -1.38.